The number of carbonyl (C=O) groups excluding carboxylic acids is 1. The van der Waals surface area contributed by atoms with E-state index in [0.29, 0.717) is 17.9 Å². The minimum absolute atomic E-state index is 0.0244. The SMILES string of the molecule is C#C[C@H]1C[NH+]2CC[C@H]1C[C@@H]2CNC(=O)c1ccc2ccccc2c1. The lowest BCUT2D eigenvalue weighted by Crippen LogP contribution is -3.20. The number of rotatable bonds is 3. The molecule has 3 heterocycles. The van der Waals surface area contributed by atoms with E-state index in [0.717, 1.165) is 35.8 Å². The Morgan fingerprint density at radius 3 is 2.83 bits per heavy atom. The lowest BCUT2D eigenvalue weighted by molar-refractivity contribution is -0.943. The van der Waals surface area contributed by atoms with Gasteiger partial charge < -0.3 is 10.2 Å². The minimum atomic E-state index is 0.0244. The number of hydrogen-bond donors (Lipinski definition) is 2. The molecule has 3 nitrogen and oxygen atoms in total. The summed E-state index contributed by atoms with van der Waals surface area (Å²) < 4.78 is 0. The van der Waals surface area contributed by atoms with Gasteiger partial charge in [-0.25, -0.2) is 0 Å². The quantitative estimate of drug-likeness (QED) is 0.826. The molecule has 0 spiro atoms. The standard InChI is InChI=1S/C21H22N2O/c1-2-15-14-23-10-9-18(15)12-20(23)13-22-21(24)19-8-7-16-5-3-4-6-17(16)11-19/h1,3-8,11,15,18,20H,9-10,12-14H2,(H,22,24)/p+1/t15-,18-,20+/m0/s1. The summed E-state index contributed by atoms with van der Waals surface area (Å²) in [6.45, 7) is 3.01. The van der Waals surface area contributed by atoms with Gasteiger partial charge in [-0.1, -0.05) is 36.3 Å². The highest BCUT2D eigenvalue weighted by atomic mass is 16.1. The molecule has 1 amide bonds. The third kappa shape index (κ3) is 2.79. The van der Waals surface area contributed by atoms with Crippen LogP contribution in [0.5, 0.6) is 0 Å². The molecule has 122 valence electrons. The second-order valence-electron chi connectivity index (χ2n) is 7.14. The zero-order chi connectivity index (χ0) is 16.5. The van der Waals surface area contributed by atoms with Gasteiger partial charge in [-0.3, -0.25) is 4.79 Å². The summed E-state index contributed by atoms with van der Waals surface area (Å²) in [7, 11) is 0. The first kappa shape index (κ1) is 15.2. The number of hydrogen-bond acceptors (Lipinski definition) is 1. The Balaban J connectivity index is 1.41. The number of fused-ring (bicyclic) bond motifs is 4. The highest BCUT2D eigenvalue weighted by Crippen LogP contribution is 2.26. The van der Waals surface area contributed by atoms with Crippen LogP contribution in [0.2, 0.25) is 0 Å². The molecule has 0 aromatic heterocycles. The molecule has 2 N–H and O–H groups in total. The Morgan fingerprint density at radius 2 is 2.08 bits per heavy atom. The molecule has 4 atom stereocenters. The number of amides is 1. The van der Waals surface area contributed by atoms with Gasteiger partial charge in [-0.2, -0.15) is 0 Å². The molecule has 0 radical (unpaired) electrons. The topological polar surface area (TPSA) is 33.5 Å². The number of quaternary nitrogens is 1. The van der Waals surface area contributed by atoms with Crippen LogP contribution in [0.1, 0.15) is 23.2 Å². The second kappa shape index (κ2) is 6.30. The van der Waals surface area contributed by atoms with Crippen LogP contribution in [-0.2, 0) is 0 Å². The number of benzene rings is 2. The maximum Gasteiger partial charge on any atom is 0.251 e. The third-order valence-electron chi connectivity index (χ3n) is 5.79. The molecular formula is C21H23N2O+. The summed E-state index contributed by atoms with van der Waals surface area (Å²) >= 11 is 0. The summed E-state index contributed by atoms with van der Waals surface area (Å²) in [5.74, 6) is 4.06. The zero-order valence-electron chi connectivity index (χ0n) is 13.8. The Kier molecular flexibility index (Phi) is 4.00. The van der Waals surface area contributed by atoms with E-state index in [4.69, 9.17) is 6.42 Å². The first-order chi connectivity index (χ1) is 11.7. The van der Waals surface area contributed by atoms with Crippen molar-refractivity contribution in [2.24, 2.45) is 11.8 Å². The van der Waals surface area contributed by atoms with Crippen LogP contribution >= 0.6 is 0 Å². The fourth-order valence-corrected chi connectivity index (χ4v) is 4.38. The van der Waals surface area contributed by atoms with Crippen molar-refractivity contribution in [2.45, 2.75) is 18.9 Å². The zero-order valence-corrected chi connectivity index (χ0v) is 13.8. The maximum atomic E-state index is 12.5. The smallest absolute Gasteiger partial charge is 0.251 e. The van der Waals surface area contributed by atoms with E-state index in [9.17, 15) is 4.79 Å². The third-order valence-corrected chi connectivity index (χ3v) is 5.79. The first-order valence-corrected chi connectivity index (χ1v) is 8.82. The highest BCUT2D eigenvalue weighted by Gasteiger charge is 2.42. The predicted octanol–water partition coefficient (Wildman–Crippen LogP) is 1.50. The Labute approximate surface area is 143 Å². The van der Waals surface area contributed by atoms with E-state index in [2.05, 4.69) is 17.3 Å². The fourth-order valence-electron chi connectivity index (χ4n) is 4.38. The van der Waals surface area contributed by atoms with Crippen molar-refractivity contribution in [1.29, 1.82) is 0 Å². The Hall–Kier alpha value is -2.31. The highest BCUT2D eigenvalue weighted by molar-refractivity contribution is 5.98. The largest absolute Gasteiger partial charge is 0.346 e. The first-order valence-electron chi connectivity index (χ1n) is 8.82. The minimum Gasteiger partial charge on any atom is -0.346 e. The molecule has 3 fully saturated rings. The van der Waals surface area contributed by atoms with Gasteiger partial charge >= 0.3 is 0 Å². The van der Waals surface area contributed by atoms with Crippen molar-refractivity contribution in [1.82, 2.24) is 5.32 Å². The summed E-state index contributed by atoms with van der Waals surface area (Å²) in [6.07, 6.45) is 8.02. The van der Waals surface area contributed by atoms with Crippen molar-refractivity contribution >= 4 is 16.7 Å². The second-order valence-corrected chi connectivity index (χ2v) is 7.14. The van der Waals surface area contributed by atoms with Crippen LogP contribution in [0.15, 0.2) is 42.5 Å². The molecular weight excluding hydrogens is 296 g/mol. The van der Waals surface area contributed by atoms with Gasteiger partial charge in [-0.15, -0.1) is 6.42 Å². The van der Waals surface area contributed by atoms with E-state index in [1.165, 1.54) is 13.0 Å². The van der Waals surface area contributed by atoms with Crippen molar-refractivity contribution in [3.8, 4) is 12.3 Å². The van der Waals surface area contributed by atoms with Crippen LogP contribution in [-0.4, -0.2) is 31.6 Å². The monoisotopic (exact) mass is 319 g/mol. The number of piperidine rings is 3. The van der Waals surface area contributed by atoms with E-state index in [1.54, 1.807) is 4.90 Å². The van der Waals surface area contributed by atoms with Crippen LogP contribution in [0.25, 0.3) is 10.8 Å². The van der Waals surface area contributed by atoms with Crippen LogP contribution in [0, 0.1) is 24.2 Å². The van der Waals surface area contributed by atoms with Crippen molar-refractivity contribution in [3.05, 3.63) is 48.0 Å². The molecule has 3 saturated heterocycles. The van der Waals surface area contributed by atoms with Gasteiger partial charge in [0.25, 0.3) is 5.91 Å². The molecule has 3 heteroatoms. The van der Waals surface area contributed by atoms with Crippen molar-refractivity contribution in [3.63, 3.8) is 0 Å². The van der Waals surface area contributed by atoms with Crippen molar-refractivity contribution in [2.75, 3.05) is 19.6 Å². The Morgan fingerprint density at radius 1 is 1.25 bits per heavy atom. The van der Waals surface area contributed by atoms with Crippen LogP contribution in [0.3, 0.4) is 0 Å². The van der Waals surface area contributed by atoms with E-state index < -0.39 is 0 Å². The van der Waals surface area contributed by atoms with Gasteiger partial charge in [0.2, 0.25) is 0 Å². The molecule has 2 aromatic carbocycles. The molecule has 3 aliphatic heterocycles. The van der Waals surface area contributed by atoms with Crippen LogP contribution < -0.4 is 10.2 Å². The number of carbonyl (C=O) groups is 1. The van der Waals surface area contributed by atoms with Gasteiger partial charge in [0, 0.05) is 18.4 Å². The molecule has 5 rings (SSSR count). The summed E-state index contributed by atoms with van der Waals surface area (Å²) in [4.78, 5) is 14.1. The van der Waals surface area contributed by atoms with E-state index in [1.807, 2.05) is 36.4 Å². The molecule has 1 unspecified atom stereocenters. The molecule has 2 aromatic rings. The Bertz CT molecular complexity index is 807. The predicted molar refractivity (Wildman–Crippen MR) is 95.8 cm³/mol. The number of nitrogens with one attached hydrogen (secondary N) is 2. The molecule has 2 bridgehead atoms. The average Bonchev–Trinajstić information content (AvgIpc) is 2.66. The lowest BCUT2D eigenvalue weighted by atomic mass is 9.76. The van der Waals surface area contributed by atoms with Gasteiger partial charge in [0.05, 0.1) is 25.6 Å². The van der Waals surface area contributed by atoms with Gasteiger partial charge in [0.1, 0.15) is 6.04 Å². The summed E-state index contributed by atoms with van der Waals surface area (Å²) in [5, 5.41) is 5.41. The van der Waals surface area contributed by atoms with Crippen LogP contribution in [0.4, 0.5) is 0 Å². The average molecular weight is 319 g/mol. The van der Waals surface area contributed by atoms with Crippen molar-refractivity contribution < 1.29 is 9.69 Å². The van der Waals surface area contributed by atoms with E-state index >= 15 is 0 Å². The molecule has 24 heavy (non-hydrogen) atoms. The fraction of sp³-hybridized carbons (Fsp3) is 0.381. The molecule has 0 aliphatic carbocycles. The lowest BCUT2D eigenvalue weighted by Gasteiger charge is -2.45. The number of terminal acetylenes is 1. The molecule has 3 aliphatic rings. The normalized spacial score (nSPS) is 28.5. The van der Waals surface area contributed by atoms with Gasteiger partial charge in [0.15, 0.2) is 0 Å². The van der Waals surface area contributed by atoms with E-state index in [-0.39, 0.29) is 5.91 Å². The molecule has 0 saturated carbocycles. The van der Waals surface area contributed by atoms with Gasteiger partial charge in [-0.05, 0) is 28.8 Å². The summed E-state index contributed by atoms with van der Waals surface area (Å²) in [5.41, 5.74) is 0.737. The maximum absolute atomic E-state index is 12.5. The summed E-state index contributed by atoms with van der Waals surface area (Å²) in [6, 6.07) is 14.5.